The molecule has 0 radical (unpaired) electrons. The Balaban J connectivity index is 0.00000361. The van der Waals surface area contributed by atoms with Crippen molar-refractivity contribution in [2.24, 2.45) is 12.0 Å². The van der Waals surface area contributed by atoms with E-state index in [9.17, 15) is 0 Å². The number of aliphatic imine (C=N–C) groups is 1. The number of hydrogen-bond acceptors (Lipinski definition) is 2. The van der Waals surface area contributed by atoms with E-state index in [-0.39, 0.29) is 24.0 Å². The van der Waals surface area contributed by atoms with E-state index < -0.39 is 0 Å². The Kier molecular flexibility index (Phi) is 10.1. The second-order valence-corrected chi connectivity index (χ2v) is 4.47. The van der Waals surface area contributed by atoms with Gasteiger partial charge in [-0.05, 0) is 25.8 Å². The van der Waals surface area contributed by atoms with Gasteiger partial charge in [0.15, 0.2) is 5.96 Å². The highest BCUT2D eigenvalue weighted by Gasteiger charge is 2.05. The minimum atomic E-state index is 0. The molecule has 6 heteroatoms. The lowest BCUT2D eigenvalue weighted by Gasteiger charge is -2.21. The Labute approximate surface area is 139 Å². The molecule has 0 spiro atoms. The van der Waals surface area contributed by atoms with Crippen molar-refractivity contribution in [3.8, 4) is 0 Å². The van der Waals surface area contributed by atoms with E-state index in [4.69, 9.17) is 0 Å². The van der Waals surface area contributed by atoms with Gasteiger partial charge in [0.05, 0.1) is 12.2 Å². The van der Waals surface area contributed by atoms with Gasteiger partial charge in [0.25, 0.3) is 0 Å². The lowest BCUT2D eigenvalue weighted by atomic mass is 10.3. The predicted molar refractivity (Wildman–Crippen MR) is 95.5 cm³/mol. The summed E-state index contributed by atoms with van der Waals surface area (Å²) in [7, 11) is 4.00. The first-order valence-corrected chi connectivity index (χ1v) is 6.76. The van der Waals surface area contributed by atoms with Gasteiger partial charge in [0, 0.05) is 33.4 Å². The van der Waals surface area contributed by atoms with Gasteiger partial charge in [-0.2, -0.15) is 5.10 Å². The Bertz CT molecular complexity index is 413. The van der Waals surface area contributed by atoms with E-state index >= 15 is 0 Å². The van der Waals surface area contributed by atoms with Gasteiger partial charge < -0.3 is 10.2 Å². The van der Waals surface area contributed by atoms with E-state index in [0.29, 0.717) is 6.54 Å². The zero-order chi connectivity index (χ0) is 14.1. The molecule has 1 N–H and O–H groups in total. The maximum atomic E-state index is 4.64. The third kappa shape index (κ3) is 6.40. The van der Waals surface area contributed by atoms with Crippen molar-refractivity contribution in [1.29, 1.82) is 0 Å². The minimum Gasteiger partial charge on any atom is -0.357 e. The highest BCUT2D eigenvalue weighted by Crippen LogP contribution is 2.00. The number of aromatic nitrogens is 2. The molecule has 0 saturated heterocycles. The molecule has 0 bridgehead atoms. The molecule has 1 aromatic heterocycles. The molecular weight excluding hydrogens is 365 g/mol. The molecule has 0 aromatic carbocycles. The molecular formula is C14H26IN5. The summed E-state index contributed by atoms with van der Waals surface area (Å²) in [5.74, 6) is 0.938. The van der Waals surface area contributed by atoms with Crippen LogP contribution in [0.15, 0.2) is 29.9 Å². The fourth-order valence-corrected chi connectivity index (χ4v) is 1.76. The van der Waals surface area contributed by atoms with Crippen LogP contribution in [-0.2, 0) is 13.6 Å². The molecule has 0 aliphatic rings. The Morgan fingerprint density at radius 3 is 2.90 bits per heavy atom. The van der Waals surface area contributed by atoms with Crippen LogP contribution in [0.2, 0.25) is 0 Å². The zero-order valence-corrected chi connectivity index (χ0v) is 15.0. The number of halogens is 1. The number of guanidine groups is 1. The van der Waals surface area contributed by atoms with Crippen LogP contribution < -0.4 is 5.32 Å². The minimum absolute atomic E-state index is 0. The van der Waals surface area contributed by atoms with E-state index in [1.807, 2.05) is 23.9 Å². The molecule has 0 atom stereocenters. The molecule has 0 unspecified atom stereocenters. The van der Waals surface area contributed by atoms with E-state index in [2.05, 4.69) is 40.9 Å². The monoisotopic (exact) mass is 391 g/mol. The summed E-state index contributed by atoms with van der Waals surface area (Å²) in [6, 6.07) is 1.99. The smallest absolute Gasteiger partial charge is 0.194 e. The fourth-order valence-electron chi connectivity index (χ4n) is 1.76. The van der Waals surface area contributed by atoms with Crippen molar-refractivity contribution in [1.82, 2.24) is 20.0 Å². The number of hydrogen-bond donors (Lipinski definition) is 1. The number of unbranched alkanes of at least 4 members (excludes halogenated alkanes) is 1. The van der Waals surface area contributed by atoms with Crippen molar-refractivity contribution >= 4 is 29.9 Å². The SMILES string of the molecule is C=CCCCN(C)C(=NCc1ccnn1C)NCC.I. The van der Waals surface area contributed by atoms with Crippen LogP contribution in [0.4, 0.5) is 0 Å². The second-order valence-electron chi connectivity index (χ2n) is 4.47. The van der Waals surface area contributed by atoms with Gasteiger partial charge in [-0.25, -0.2) is 4.99 Å². The van der Waals surface area contributed by atoms with Crippen molar-refractivity contribution in [2.75, 3.05) is 20.1 Å². The zero-order valence-electron chi connectivity index (χ0n) is 12.7. The number of rotatable bonds is 7. The first kappa shape index (κ1) is 18.9. The Morgan fingerprint density at radius 2 is 2.35 bits per heavy atom. The van der Waals surface area contributed by atoms with Crippen LogP contribution in [0.3, 0.4) is 0 Å². The van der Waals surface area contributed by atoms with Crippen molar-refractivity contribution in [3.63, 3.8) is 0 Å². The van der Waals surface area contributed by atoms with Gasteiger partial charge >= 0.3 is 0 Å². The first-order chi connectivity index (χ1) is 9.19. The van der Waals surface area contributed by atoms with Crippen molar-refractivity contribution in [3.05, 3.63) is 30.6 Å². The van der Waals surface area contributed by atoms with Crippen molar-refractivity contribution < 1.29 is 0 Å². The quantitative estimate of drug-likeness (QED) is 0.255. The lowest BCUT2D eigenvalue weighted by Crippen LogP contribution is -2.39. The second kappa shape index (κ2) is 10.7. The third-order valence-corrected chi connectivity index (χ3v) is 2.91. The fraction of sp³-hybridized carbons (Fsp3) is 0.571. The standard InChI is InChI=1S/C14H25N5.HI/c1-5-7-8-11-18(3)14(15-6-2)16-12-13-9-10-17-19(13)4;/h5,9-10H,1,6-8,11-12H2,2-4H3,(H,15,16);1H. The molecule has 114 valence electrons. The summed E-state index contributed by atoms with van der Waals surface area (Å²) in [5, 5.41) is 7.46. The molecule has 0 fully saturated rings. The van der Waals surface area contributed by atoms with Gasteiger partial charge in [-0.1, -0.05) is 6.08 Å². The molecule has 5 nitrogen and oxygen atoms in total. The lowest BCUT2D eigenvalue weighted by molar-refractivity contribution is 0.469. The number of nitrogens with one attached hydrogen (secondary N) is 1. The summed E-state index contributed by atoms with van der Waals surface area (Å²) in [4.78, 5) is 6.80. The summed E-state index contributed by atoms with van der Waals surface area (Å²) >= 11 is 0. The normalized spacial score (nSPS) is 10.8. The van der Waals surface area contributed by atoms with Gasteiger partial charge in [0.2, 0.25) is 0 Å². The third-order valence-electron chi connectivity index (χ3n) is 2.91. The van der Waals surface area contributed by atoms with Crippen LogP contribution in [0.25, 0.3) is 0 Å². The average molecular weight is 391 g/mol. The number of aryl methyl sites for hydroxylation is 1. The Hall–Kier alpha value is -1.05. The topological polar surface area (TPSA) is 45.5 Å². The number of allylic oxidation sites excluding steroid dienone is 1. The van der Waals surface area contributed by atoms with Crippen LogP contribution in [0.1, 0.15) is 25.5 Å². The van der Waals surface area contributed by atoms with E-state index in [1.54, 1.807) is 6.20 Å². The first-order valence-electron chi connectivity index (χ1n) is 6.76. The summed E-state index contributed by atoms with van der Waals surface area (Å²) in [6.45, 7) is 8.31. The summed E-state index contributed by atoms with van der Waals surface area (Å²) in [5.41, 5.74) is 1.11. The molecule has 0 aliphatic carbocycles. The average Bonchev–Trinajstić information content (AvgIpc) is 2.80. The highest BCUT2D eigenvalue weighted by atomic mass is 127. The summed E-state index contributed by atoms with van der Waals surface area (Å²) < 4.78 is 1.85. The molecule has 0 amide bonds. The molecule has 20 heavy (non-hydrogen) atoms. The van der Waals surface area contributed by atoms with Crippen LogP contribution in [0, 0.1) is 0 Å². The predicted octanol–water partition coefficient (Wildman–Crippen LogP) is 2.40. The van der Waals surface area contributed by atoms with Crippen LogP contribution in [-0.4, -0.2) is 40.8 Å². The molecule has 0 saturated carbocycles. The van der Waals surface area contributed by atoms with E-state index in [1.165, 1.54) is 0 Å². The van der Waals surface area contributed by atoms with Crippen molar-refractivity contribution in [2.45, 2.75) is 26.3 Å². The van der Waals surface area contributed by atoms with Crippen LogP contribution in [0.5, 0.6) is 0 Å². The molecule has 1 rings (SSSR count). The van der Waals surface area contributed by atoms with Crippen LogP contribution >= 0.6 is 24.0 Å². The highest BCUT2D eigenvalue weighted by molar-refractivity contribution is 14.0. The van der Waals surface area contributed by atoms with E-state index in [0.717, 1.165) is 37.6 Å². The Morgan fingerprint density at radius 1 is 1.60 bits per heavy atom. The van der Waals surface area contributed by atoms with Gasteiger partial charge in [-0.3, -0.25) is 4.68 Å². The largest absolute Gasteiger partial charge is 0.357 e. The molecule has 0 aliphatic heterocycles. The molecule has 1 heterocycles. The number of nitrogens with zero attached hydrogens (tertiary/aromatic N) is 4. The molecule has 1 aromatic rings. The maximum absolute atomic E-state index is 4.64. The summed E-state index contributed by atoms with van der Waals surface area (Å²) in [6.07, 6.45) is 5.88. The maximum Gasteiger partial charge on any atom is 0.194 e. The van der Waals surface area contributed by atoms with Gasteiger partial charge in [0.1, 0.15) is 0 Å². The van der Waals surface area contributed by atoms with Gasteiger partial charge in [-0.15, -0.1) is 30.6 Å².